The summed E-state index contributed by atoms with van der Waals surface area (Å²) in [5.41, 5.74) is 2.44. The Hall–Kier alpha value is -1.13. The molecule has 21 heavy (non-hydrogen) atoms. The van der Waals surface area contributed by atoms with Gasteiger partial charge in [-0.05, 0) is 45.4 Å². The second-order valence-corrected chi connectivity index (χ2v) is 6.15. The lowest BCUT2D eigenvalue weighted by Gasteiger charge is -2.32. The Morgan fingerprint density at radius 1 is 1.29 bits per heavy atom. The van der Waals surface area contributed by atoms with E-state index in [1.54, 1.807) is 0 Å². The molecule has 0 bridgehead atoms. The lowest BCUT2D eigenvalue weighted by atomic mass is 10.0. The number of likely N-dealkylation sites (N-methyl/N-ethyl adjacent to an activating group) is 1. The molecule has 1 saturated heterocycles. The minimum atomic E-state index is 0.156. The maximum absolute atomic E-state index is 12.0. The number of piperazine rings is 1. The Bertz CT molecular complexity index is 406. The van der Waals surface area contributed by atoms with Crippen molar-refractivity contribution in [3.05, 3.63) is 23.4 Å². The Labute approximate surface area is 128 Å². The number of carbonyl (C=O) groups excluding carboxylic acids is 1. The zero-order valence-electron chi connectivity index (χ0n) is 13.5. The van der Waals surface area contributed by atoms with E-state index in [1.165, 1.54) is 5.57 Å². The standard InChI is InChI=1S/C17H29N3O/c1-3-15-6-4-7-16(14-15)18-17(21)8-5-9-20-12-10-19(2)11-13-20/h7,14H,3-6,8-13H2,1-2H3,(H,18,21). The van der Waals surface area contributed by atoms with Gasteiger partial charge in [0, 0.05) is 38.3 Å². The van der Waals surface area contributed by atoms with E-state index in [2.05, 4.69) is 41.2 Å². The molecule has 4 heteroatoms. The summed E-state index contributed by atoms with van der Waals surface area (Å²) in [6.07, 6.45) is 9.12. The van der Waals surface area contributed by atoms with Crippen molar-refractivity contribution in [2.45, 2.75) is 39.0 Å². The van der Waals surface area contributed by atoms with Crippen molar-refractivity contribution in [2.24, 2.45) is 0 Å². The van der Waals surface area contributed by atoms with E-state index in [0.29, 0.717) is 6.42 Å². The zero-order chi connectivity index (χ0) is 15.1. The van der Waals surface area contributed by atoms with E-state index >= 15 is 0 Å². The van der Waals surface area contributed by atoms with Crippen molar-refractivity contribution >= 4 is 5.91 Å². The third-order valence-corrected chi connectivity index (χ3v) is 4.40. The normalized spacial score (nSPS) is 20.9. The minimum absolute atomic E-state index is 0.156. The fraction of sp³-hybridized carbons (Fsp3) is 0.706. The molecular formula is C17H29N3O. The van der Waals surface area contributed by atoms with Crippen LogP contribution in [0.15, 0.2) is 23.4 Å². The first-order valence-corrected chi connectivity index (χ1v) is 8.27. The largest absolute Gasteiger partial charge is 0.326 e. The van der Waals surface area contributed by atoms with Gasteiger partial charge in [0.25, 0.3) is 0 Å². The molecular weight excluding hydrogens is 262 g/mol. The molecule has 0 aromatic heterocycles. The predicted molar refractivity (Wildman–Crippen MR) is 87.0 cm³/mol. The van der Waals surface area contributed by atoms with Gasteiger partial charge >= 0.3 is 0 Å². The topological polar surface area (TPSA) is 35.6 Å². The SMILES string of the molecule is CCC1=CC(NC(=O)CCCN2CCN(C)CC2)=CCC1. The number of carbonyl (C=O) groups is 1. The lowest BCUT2D eigenvalue weighted by Crippen LogP contribution is -2.44. The Morgan fingerprint density at radius 2 is 2.05 bits per heavy atom. The van der Waals surface area contributed by atoms with E-state index in [0.717, 1.165) is 64.1 Å². The monoisotopic (exact) mass is 291 g/mol. The summed E-state index contributed by atoms with van der Waals surface area (Å²) in [7, 11) is 2.17. The van der Waals surface area contributed by atoms with E-state index < -0.39 is 0 Å². The van der Waals surface area contributed by atoms with Crippen LogP contribution in [0.3, 0.4) is 0 Å². The van der Waals surface area contributed by atoms with Gasteiger partial charge in [0.2, 0.25) is 5.91 Å². The molecule has 0 radical (unpaired) electrons. The number of hydrogen-bond donors (Lipinski definition) is 1. The van der Waals surface area contributed by atoms with Gasteiger partial charge in [-0.25, -0.2) is 0 Å². The van der Waals surface area contributed by atoms with Crippen molar-refractivity contribution in [2.75, 3.05) is 39.8 Å². The molecule has 0 aromatic rings. The van der Waals surface area contributed by atoms with Crippen LogP contribution in [0.4, 0.5) is 0 Å². The number of amides is 1. The van der Waals surface area contributed by atoms with Gasteiger partial charge in [0.15, 0.2) is 0 Å². The Morgan fingerprint density at radius 3 is 2.76 bits per heavy atom. The van der Waals surface area contributed by atoms with Crippen LogP contribution in [0.25, 0.3) is 0 Å². The Balaban J connectivity index is 1.64. The van der Waals surface area contributed by atoms with Crippen LogP contribution in [0.5, 0.6) is 0 Å². The molecule has 1 aliphatic carbocycles. The fourth-order valence-electron chi connectivity index (χ4n) is 2.89. The smallest absolute Gasteiger partial charge is 0.224 e. The van der Waals surface area contributed by atoms with Gasteiger partial charge in [-0.3, -0.25) is 4.79 Å². The summed E-state index contributed by atoms with van der Waals surface area (Å²) >= 11 is 0. The molecule has 1 aliphatic heterocycles. The molecule has 0 aromatic carbocycles. The first-order chi connectivity index (χ1) is 10.2. The van der Waals surface area contributed by atoms with E-state index in [4.69, 9.17) is 0 Å². The quantitative estimate of drug-likeness (QED) is 0.814. The maximum Gasteiger partial charge on any atom is 0.224 e. The summed E-state index contributed by atoms with van der Waals surface area (Å²) in [6.45, 7) is 7.76. The van der Waals surface area contributed by atoms with Crippen LogP contribution in [0.1, 0.15) is 39.0 Å². The van der Waals surface area contributed by atoms with Gasteiger partial charge in [-0.2, -0.15) is 0 Å². The van der Waals surface area contributed by atoms with Gasteiger partial charge in [0.1, 0.15) is 0 Å². The third kappa shape index (κ3) is 5.64. The van der Waals surface area contributed by atoms with Gasteiger partial charge in [-0.1, -0.05) is 18.6 Å². The average Bonchev–Trinajstić information content (AvgIpc) is 2.49. The van der Waals surface area contributed by atoms with Crippen molar-refractivity contribution in [1.82, 2.24) is 15.1 Å². The van der Waals surface area contributed by atoms with Gasteiger partial charge in [0.05, 0.1) is 0 Å². The molecule has 1 amide bonds. The van der Waals surface area contributed by atoms with Crippen LogP contribution in [-0.4, -0.2) is 55.5 Å². The number of rotatable bonds is 6. The van der Waals surface area contributed by atoms with Gasteiger partial charge < -0.3 is 15.1 Å². The van der Waals surface area contributed by atoms with Crippen LogP contribution < -0.4 is 5.32 Å². The van der Waals surface area contributed by atoms with E-state index in [-0.39, 0.29) is 5.91 Å². The number of hydrogen-bond acceptors (Lipinski definition) is 3. The second-order valence-electron chi connectivity index (χ2n) is 6.15. The van der Waals surface area contributed by atoms with Crippen LogP contribution in [0, 0.1) is 0 Å². The molecule has 2 aliphatic rings. The van der Waals surface area contributed by atoms with Crippen molar-refractivity contribution < 1.29 is 4.79 Å². The van der Waals surface area contributed by atoms with E-state index in [1.807, 2.05) is 0 Å². The molecule has 118 valence electrons. The van der Waals surface area contributed by atoms with Crippen LogP contribution in [0.2, 0.25) is 0 Å². The van der Waals surface area contributed by atoms with Crippen molar-refractivity contribution in [1.29, 1.82) is 0 Å². The molecule has 1 fully saturated rings. The maximum atomic E-state index is 12.0. The highest BCUT2D eigenvalue weighted by atomic mass is 16.1. The molecule has 0 unspecified atom stereocenters. The fourth-order valence-corrected chi connectivity index (χ4v) is 2.89. The number of allylic oxidation sites excluding steroid dienone is 3. The first kappa shape index (κ1) is 16.2. The summed E-state index contributed by atoms with van der Waals surface area (Å²) in [4.78, 5) is 16.8. The second kappa shape index (κ2) is 8.35. The zero-order valence-corrected chi connectivity index (χ0v) is 13.5. The molecule has 0 spiro atoms. The molecule has 4 nitrogen and oxygen atoms in total. The summed E-state index contributed by atoms with van der Waals surface area (Å²) < 4.78 is 0. The van der Waals surface area contributed by atoms with Crippen LogP contribution in [-0.2, 0) is 4.79 Å². The molecule has 2 rings (SSSR count). The summed E-state index contributed by atoms with van der Waals surface area (Å²) in [5, 5.41) is 3.05. The van der Waals surface area contributed by atoms with Crippen LogP contribution >= 0.6 is 0 Å². The highest BCUT2D eigenvalue weighted by Crippen LogP contribution is 2.18. The predicted octanol–water partition coefficient (Wildman–Crippen LogP) is 2.14. The Kier molecular flexibility index (Phi) is 6.46. The third-order valence-electron chi connectivity index (χ3n) is 4.40. The minimum Gasteiger partial charge on any atom is -0.326 e. The number of nitrogens with zero attached hydrogens (tertiary/aromatic N) is 2. The van der Waals surface area contributed by atoms with Crippen molar-refractivity contribution in [3.8, 4) is 0 Å². The first-order valence-electron chi connectivity index (χ1n) is 8.27. The average molecular weight is 291 g/mol. The summed E-state index contributed by atoms with van der Waals surface area (Å²) in [5.74, 6) is 0.156. The molecule has 1 heterocycles. The molecule has 0 saturated carbocycles. The highest BCUT2D eigenvalue weighted by Gasteiger charge is 2.14. The number of nitrogens with one attached hydrogen (secondary N) is 1. The van der Waals surface area contributed by atoms with Gasteiger partial charge in [-0.15, -0.1) is 0 Å². The lowest BCUT2D eigenvalue weighted by molar-refractivity contribution is -0.120. The van der Waals surface area contributed by atoms with E-state index in [9.17, 15) is 4.79 Å². The summed E-state index contributed by atoms with van der Waals surface area (Å²) in [6, 6.07) is 0. The molecule has 1 N–H and O–H groups in total. The van der Waals surface area contributed by atoms with Crippen molar-refractivity contribution in [3.63, 3.8) is 0 Å². The highest BCUT2D eigenvalue weighted by molar-refractivity contribution is 5.78. The molecule has 0 atom stereocenters.